The first-order chi connectivity index (χ1) is 9.26. The van der Waals surface area contributed by atoms with Crippen LogP contribution in [0.4, 0.5) is 13.2 Å². The van der Waals surface area contributed by atoms with Gasteiger partial charge in [-0.2, -0.15) is 0 Å². The van der Waals surface area contributed by atoms with E-state index in [2.05, 4.69) is 14.5 Å². The predicted molar refractivity (Wildman–Crippen MR) is 60.8 cm³/mol. The van der Waals surface area contributed by atoms with Crippen molar-refractivity contribution < 1.29 is 32.5 Å². The number of hydrogen-bond acceptors (Lipinski definition) is 6. The molecule has 20 heavy (non-hydrogen) atoms. The van der Waals surface area contributed by atoms with E-state index in [0.717, 1.165) is 6.07 Å². The van der Waals surface area contributed by atoms with Gasteiger partial charge in [-0.3, -0.25) is 4.79 Å². The Kier molecular flexibility index (Phi) is 5.14. The number of pyridine rings is 1. The second kappa shape index (κ2) is 6.42. The normalized spacial score (nSPS) is 11.2. The molecule has 1 aromatic rings. The van der Waals surface area contributed by atoms with Crippen LogP contribution in [0.2, 0.25) is 0 Å². The summed E-state index contributed by atoms with van der Waals surface area (Å²) in [6, 6.07) is 0.719. The number of rotatable bonds is 5. The molecule has 0 bridgehead atoms. The molecule has 1 aromatic heterocycles. The topological polar surface area (TPSA) is 94.7 Å². The van der Waals surface area contributed by atoms with Crippen LogP contribution in [-0.2, 0) is 22.5 Å². The second-order valence-electron chi connectivity index (χ2n) is 3.63. The Morgan fingerprint density at radius 1 is 1.45 bits per heavy atom. The zero-order chi connectivity index (χ0) is 15.3. The molecule has 0 fully saturated rings. The number of aromatic nitrogens is 1. The van der Waals surface area contributed by atoms with Gasteiger partial charge in [-0.05, 0) is 6.92 Å². The van der Waals surface area contributed by atoms with Crippen LogP contribution in [0.5, 0.6) is 11.5 Å². The predicted octanol–water partition coefficient (Wildman–Crippen LogP) is 1.25. The number of nitrogens with zero attached hydrogens (tertiary/aromatic N) is 1. The van der Waals surface area contributed by atoms with Crippen molar-refractivity contribution in [3.63, 3.8) is 0 Å². The summed E-state index contributed by atoms with van der Waals surface area (Å²) in [6.45, 7) is 1.44. The molecule has 0 unspecified atom stereocenters. The van der Waals surface area contributed by atoms with Crippen LogP contribution in [0.3, 0.4) is 0 Å². The van der Waals surface area contributed by atoms with Crippen LogP contribution < -0.4 is 10.5 Å². The number of hydrogen-bond donors (Lipinski definition) is 2. The number of halogens is 3. The maximum atomic E-state index is 12.2. The van der Waals surface area contributed by atoms with Gasteiger partial charge >= 0.3 is 12.3 Å². The van der Waals surface area contributed by atoms with E-state index in [-0.39, 0.29) is 24.5 Å². The van der Waals surface area contributed by atoms with Gasteiger partial charge in [0.1, 0.15) is 5.75 Å². The first-order valence-electron chi connectivity index (χ1n) is 5.60. The van der Waals surface area contributed by atoms with Crippen molar-refractivity contribution in [3.05, 3.63) is 17.5 Å². The van der Waals surface area contributed by atoms with E-state index in [4.69, 9.17) is 5.73 Å². The third-order valence-corrected chi connectivity index (χ3v) is 2.15. The molecule has 0 aliphatic heterocycles. The number of carbonyl (C=O) groups is 1. The lowest BCUT2D eigenvalue weighted by Crippen LogP contribution is -2.20. The van der Waals surface area contributed by atoms with Gasteiger partial charge in [0.15, 0.2) is 5.75 Å². The van der Waals surface area contributed by atoms with Crippen LogP contribution in [0.25, 0.3) is 0 Å². The monoisotopic (exact) mass is 294 g/mol. The molecule has 1 rings (SSSR count). The minimum atomic E-state index is -4.97. The lowest BCUT2D eigenvalue weighted by atomic mass is 10.2. The number of ether oxygens (including phenoxy) is 2. The van der Waals surface area contributed by atoms with E-state index in [0.29, 0.717) is 0 Å². The van der Waals surface area contributed by atoms with E-state index in [1.54, 1.807) is 6.92 Å². The molecule has 0 radical (unpaired) electrons. The first kappa shape index (κ1) is 16.0. The minimum Gasteiger partial charge on any atom is -0.506 e. The van der Waals surface area contributed by atoms with E-state index in [1.165, 1.54) is 0 Å². The van der Waals surface area contributed by atoms with Gasteiger partial charge in [-0.1, -0.05) is 0 Å². The maximum absolute atomic E-state index is 12.2. The third kappa shape index (κ3) is 4.57. The number of carbonyl (C=O) groups excluding carboxylic acids is 1. The SMILES string of the molecule is CCOC(=O)Cc1nc(CN)c(O)cc1OC(F)(F)F. The summed E-state index contributed by atoms with van der Waals surface area (Å²) in [5, 5.41) is 9.44. The molecule has 0 saturated heterocycles. The molecular formula is C11H13F3N2O4. The number of alkyl halides is 3. The Hall–Kier alpha value is -2.03. The Morgan fingerprint density at radius 3 is 2.60 bits per heavy atom. The molecule has 0 saturated carbocycles. The van der Waals surface area contributed by atoms with Gasteiger partial charge in [-0.25, -0.2) is 4.98 Å². The summed E-state index contributed by atoms with van der Waals surface area (Å²) in [5.74, 6) is -2.07. The molecule has 0 aromatic carbocycles. The average Bonchev–Trinajstić information content (AvgIpc) is 2.30. The Morgan fingerprint density at radius 2 is 2.10 bits per heavy atom. The fraction of sp³-hybridized carbons (Fsp3) is 0.455. The molecule has 6 nitrogen and oxygen atoms in total. The molecule has 0 atom stereocenters. The number of aromatic hydroxyl groups is 1. The Bertz CT molecular complexity index is 491. The quantitative estimate of drug-likeness (QED) is 0.794. The molecule has 0 aliphatic carbocycles. The smallest absolute Gasteiger partial charge is 0.506 e. The lowest BCUT2D eigenvalue weighted by molar-refractivity contribution is -0.275. The summed E-state index contributed by atoms with van der Waals surface area (Å²) in [5.41, 5.74) is 4.94. The van der Waals surface area contributed by atoms with Gasteiger partial charge in [0.25, 0.3) is 0 Å². The van der Waals surface area contributed by atoms with Crippen molar-refractivity contribution in [2.75, 3.05) is 6.61 Å². The number of nitrogens with two attached hydrogens (primary N) is 1. The van der Waals surface area contributed by atoms with Crippen molar-refractivity contribution in [1.82, 2.24) is 4.98 Å². The highest BCUT2D eigenvalue weighted by Gasteiger charge is 2.33. The second-order valence-corrected chi connectivity index (χ2v) is 3.63. The summed E-state index contributed by atoms with van der Waals surface area (Å²) in [6.07, 6.45) is -5.49. The average molecular weight is 294 g/mol. The largest absolute Gasteiger partial charge is 0.573 e. The Balaban J connectivity index is 3.12. The highest BCUT2D eigenvalue weighted by molar-refractivity contribution is 5.73. The molecule has 9 heteroatoms. The van der Waals surface area contributed by atoms with E-state index < -0.39 is 30.3 Å². The van der Waals surface area contributed by atoms with Gasteiger partial charge in [-0.15, -0.1) is 13.2 Å². The van der Waals surface area contributed by atoms with Gasteiger partial charge < -0.3 is 20.3 Å². The fourth-order valence-electron chi connectivity index (χ4n) is 1.40. The number of esters is 1. The lowest BCUT2D eigenvalue weighted by Gasteiger charge is -2.14. The molecule has 0 amide bonds. The van der Waals surface area contributed by atoms with Crippen molar-refractivity contribution in [1.29, 1.82) is 0 Å². The van der Waals surface area contributed by atoms with E-state index in [1.807, 2.05) is 0 Å². The molecule has 3 N–H and O–H groups in total. The maximum Gasteiger partial charge on any atom is 0.573 e. The fourth-order valence-corrected chi connectivity index (χ4v) is 1.40. The van der Waals surface area contributed by atoms with Gasteiger partial charge in [0.2, 0.25) is 0 Å². The van der Waals surface area contributed by atoms with Crippen LogP contribution in [0.1, 0.15) is 18.3 Å². The van der Waals surface area contributed by atoms with Crippen molar-refractivity contribution in [2.45, 2.75) is 26.3 Å². The van der Waals surface area contributed by atoms with Crippen LogP contribution >= 0.6 is 0 Å². The van der Waals surface area contributed by atoms with Crippen molar-refractivity contribution in [3.8, 4) is 11.5 Å². The molecule has 0 aliphatic rings. The van der Waals surface area contributed by atoms with Crippen LogP contribution in [-0.4, -0.2) is 29.0 Å². The summed E-state index contributed by atoms with van der Waals surface area (Å²) in [7, 11) is 0. The molecule has 112 valence electrons. The van der Waals surface area contributed by atoms with Crippen LogP contribution in [0, 0.1) is 0 Å². The van der Waals surface area contributed by atoms with Crippen molar-refractivity contribution in [2.24, 2.45) is 5.73 Å². The minimum absolute atomic E-state index is 0.0428. The zero-order valence-corrected chi connectivity index (χ0v) is 10.5. The van der Waals surface area contributed by atoms with Gasteiger partial charge in [0, 0.05) is 12.6 Å². The van der Waals surface area contributed by atoms with Gasteiger partial charge in [0.05, 0.1) is 24.4 Å². The first-order valence-corrected chi connectivity index (χ1v) is 5.60. The highest BCUT2D eigenvalue weighted by atomic mass is 19.4. The molecular weight excluding hydrogens is 281 g/mol. The molecule has 1 heterocycles. The zero-order valence-electron chi connectivity index (χ0n) is 10.5. The Labute approximate surface area is 112 Å². The van der Waals surface area contributed by atoms with E-state index in [9.17, 15) is 23.1 Å². The highest BCUT2D eigenvalue weighted by Crippen LogP contribution is 2.30. The van der Waals surface area contributed by atoms with Crippen LogP contribution in [0.15, 0.2) is 6.07 Å². The van der Waals surface area contributed by atoms with Crippen molar-refractivity contribution >= 4 is 5.97 Å². The summed E-state index contributed by atoms with van der Waals surface area (Å²) in [4.78, 5) is 15.0. The molecule has 0 spiro atoms. The standard InChI is InChI=1S/C11H13F3N2O4/c1-2-19-10(18)3-6-9(20-11(12,13)14)4-8(17)7(5-15)16-6/h4,17H,2-3,5,15H2,1H3. The summed E-state index contributed by atoms with van der Waals surface area (Å²) < 4.78 is 45.1. The summed E-state index contributed by atoms with van der Waals surface area (Å²) >= 11 is 0. The van der Waals surface area contributed by atoms with E-state index >= 15 is 0 Å². The third-order valence-electron chi connectivity index (χ3n) is 2.15.